The minimum atomic E-state index is -0.761. The summed E-state index contributed by atoms with van der Waals surface area (Å²) in [5.74, 6) is -1.14. The van der Waals surface area contributed by atoms with Crippen LogP contribution in [0.4, 0.5) is 14.6 Å². The average molecular weight is 383 g/mol. The molecule has 0 bridgehead atoms. The second kappa shape index (κ2) is 7.75. The molecule has 4 rings (SSSR count). The molecule has 2 aromatic heterocycles. The molecule has 3 aromatic rings. The van der Waals surface area contributed by atoms with Crippen molar-refractivity contribution in [3.63, 3.8) is 0 Å². The molecule has 0 atom stereocenters. The number of rotatable bonds is 4. The first-order chi connectivity index (χ1) is 13.6. The molecule has 2 N–H and O–H groups in total. The van der Waals surface area contributed by atoms with Crippen molar-refractivity contribution in [3.8, 4) is 11.3 Å². The third-order valence-corrected chi connectivity index (χ3v) is 4.82. The lowest BCUT2D eigenvalue weighted by Crippen LogP contribution is -2.44. The zero-order valence-corrected chi connectivity index (χ0v) is 15.0. The number of benzene rings is 1. The Morgan fingerprint density at radius 3 is 2.57 bits per heavy atom. The van der Waals surface area contributed by atoms with E-state index in [4.69, 9.17) is 0 Å². The molecule has 6 nitrogen and oxygen atoms in total. The van der Waals surface area contributed by atoms with Crippen LogP contribution in [0.15, 0.2) is 48.8 Å². The van der Waals surface area contributed by atoms with Gasteiger partial charge >= 0.3 is 0 Å². The molecule has 0 unspecified atom stereocenters. The summed E-state index contributed by atoms with van der Waals surface area (Å²) < 4.78 is 26.6. The van der Waals surface area contributed by atoms with Gasteiger partial charge in [-0.05, 0) is 37.1 Å². The van der Waals surface area contributed by atoms with Gasteiger partial charge in [-0.3, -0.25) is 14.9 Å². The first-order valence-corrected chi connectivity index (χ1v) is 9.06. The predicted octanol–water partition coefficient (Wildman–Crippen LogP) is 3.15. The van der Waals surface area contributed by atoms with Gasteiger partial charge in [0.05, 0.1) is 5.69 Å². The smallest absolute Gasteiger partial charge is 0.251 e. The fourth-order valence-corrected chi connectivity index (χ4v) is 3.35. The van der Waals surface area contributed by atoms with Crippen molar-refractivity contribution in [2.45, 2.75) is 18.9 Å². The number of aromatic amines is 1. The van der Waals surface area contributed by atoms with Crippen molar-refractivity contribution in [2.24, 2.45) is 0 Å². The fourth-order valence-electron chi connectivity index (χ4n) is 3.35. The van der Waals surface area contributed by atoms with Crippen LogP contribution < -0.4 is 10.2 Å². The SMILES string of the molecule is O=C(NC1CCN(c2cc(-c3cccnc3)[nH]n2)CC1)c1cc(F)cc(F)c1. The number of carbonyl (C=O) groups is 1. The number of aromatic nitrogens is 3. The number of hydrogen-bond donors (Lipinski definition) is 2. The van der Waals surface area contributed by atoms with Gasteiger partial charge < -0.3 is 10.2 Å². The summed E-state index contributed by atoms with van der Waals surface area (Å²) in [6.07, 6.45) is 4.93. The molecule has 1 aromatic carbocycles. The van der Waals surface area contributed by atoms with Crippen LogP contribution in [0.3, 0.4) is 0 Å². The Labute approximate surface area is 160 Å². The highest BCUT2D eigenvalue weighted by Gasteiger charge is 2.23. The van der Waals surface area contributed by atoms with Crippen LogP contribution in [0.25, 0.3) is 11.3 Å². The first-order valence-electron chi connectivity index (χ1n) is 9.06. The Kier molecular flexibility index (Phi) is 5.01. The van der Waals surface area contributed by atoms with Crippen molar-refractivity contribution in [3.05, 3.63) is 66.0 Å². The minimum Gasteiger partial charge on any atom is -0.355 e. The molecule has 144 valence electrons. The lowest BCUT2D eigenvalue weighted by molar-refractivity contribution is 0.0930. The van der Waals surface area contributed by atoms with Crippen LogP contribution in [0.1, 0.15) is 23.2 Å². The number of halogens is 2. The number of H-pyrrole nitrogens is 1. The molecule has 0 aliphatic carbocycles. The van der Waals surface area contributed by atoms with E-state index in [0.29, 0.717) is 0 Å². The maximum atomic E-state index is 13.3. The van der Waals surface area contributed by atoms with Crippen LogP contribution in [-0.2, 0) is 0 Å². The topological polar surface area (TPSA) is 73.9 Å². The molecule has 1 fully saturated rings. The number of nitrogens with zero attached hydrogens (tertiary/aromatic N) is 3. The van der Waals surface area contributed by atoms with Crippen molar-refractivity contribution >= 4 is 11.7 Å². The van der Waals surface area contributed by atoms with Gasteiger partial charge in [0.15, 0.2) is 5.82 Å². The van der Waals surface area contributed by atoms with Gasteiger partial charge in [0.1, 0.15) is 11.6 Å². The number of anilines is 1. The van der Waals surface area contributed by atoms with E-state index in [9.17, 15) is 13.6 Å². The number of piperidine rings is 1. The Balaban J connectivity index is 1.35. The summed E-state index contributed by atoms with van der Waals surface area (Å²) in [6.45, 7) is 1.44. The van der Waals surface area contributed by atoms with E-state index >= 15 is 0 Å². The predicted molar refractivity (Wildman–Crippen MR) is 101 cm³/mol. The van der Waals surface area contributed by atoms with Gasteiger partial charge in [-0.2, -0.15) is 5.10 Å². The summed E-state index contributed by atoms with van der Waals surface area (Å²) in [7, 11) is 0. The zero-order chi connectivity index (χ0) is 19.5. The van der Waals surface area contributed by atoms with E-state index < -0.39 is 17.5 Å². The molecular formula is C20H19F2N5O. The van der Waals surface area contributed by atoms with Gasteiger partial charge in [0.2, 0.25) is 0 Å². The third kappa shape index (κ3) is 4.00. The monoisotopic (exact) mass is 383 g/mol. The first kappa shape index (κ1) is 18.1. The molecule has 28 heavy (non-hydrogen) atoms. The quantitative estimate of drug-likeness (QED) is 0.726. The Morgan fingerprint density at radius 2 is 1.89 bits per heavy atom. The molecule has 1 aliphatic rings. The van der Waals surface area contributed by atoms with Crippen molar-refractivity contribution in [2.75, 3.05) is 18.0 Å². The molecular weight excluding hydrogens is 364 g/mol. The maximum Gasteiger partial charge on any atom is 0.251 e. The van der Waals surface area contributed by atoms with Crippen molar-refractivity contribution in [1.82, 2.24) is 20.5 Å². The number of amides is 1. The van der Waals surface area contributed by atoms with Gasteiger partial charge in [-0.25, -0.2) is 8.78 Å². The molecule has 0 spiro atoms. The molecule has 8 heteroatoms. The summed E-state index contributed by atoms with van der Waals surface area (Å²) in [6, 6.07) is 8.58. The molecule has 0 saturated carbocycles. The van der Waals surface area contributed by atoms with Crippen molar-refractivity contribution in [1.29, 1.82) is 0 Å². The highest BCUT2D eigenvalue weighted by atomic mass is 19.1. The molecule has 3 heterocycles. The molecule has 0 radical (unpaired) electrons. The van der Waals surface area contributed by atoms with E-state index in [-0.39, 0.29) is 11.6 Å². The van der Waals surface area contributed by atoms with E-state index in [1.807, 2.05) is 18.2 Å². The van der Waals surface area contributed by atoms with E-state index in [1.54, 1.807) is 12.4 Å². The average Bonchev–Trinajstić information content (AvgIpc) is 3.19. The van der Waals surface area contributed by atoms with Crippen LogP contribution in [-0.4, -0.2) is 40.2 Å². The highest BCUT2D eigenvalue weighted by molar-refractivity contribution is 5.94. The van der Waals surface area contributed by atoms with Gasteiger partial charge in [-0.15, -0.1) is 0 Å². The Hall–Kier alpha value is -3.29. The second-order valence-corrected chi connectivity index (χ2v) is 6.77. The van der Waals surface area contributed by atoms with Crippen LogP contribution in [0.2, 0.25) is 0 Å². The largest absolute Gasteiger partial charge is 0.355 e. The zero-order valence-electron chi connectivity index (χ0n) is 15.0. The lowest BCUT2D eigenvalue weighted by Gasteiger charge is -2.32. The van der Waals surface area contributed by atoms with Crippen LogP contribution in [0, 0.1) is 11.6 Å². The van der Waals surface area contributed by atoms with Gasteiger partial charge in [0.25, 0.3) is 5.91 Å². The second-order valence-electron chi connectivity index (χ2n) is 6.77. The number of pyridine rings is 1. The summed E-state index contributed by atoms with van der Waals surface area (Å²) in [5.41, 5.74) is 1.85. The lowest BCUT2D eigenvalue weighted by atomic mass is 10.0. The Morgan fingerprint density at radius 1 is 1.14 bits per heavy atom. The van der Waals surface area contributed by atoms with Crippen LogP contribution >= 0.6 is 0 Å². The van der Waals surface area contributed by atoms with E-state index in [0.717, 1.165) is 61.2 Å². The third-order valence-electron chi connectivity index (χ3n) is 4.82. The minimum absolute atomic E-state index is 0.00616. The maximum absolute atomic E-state index is 13.3. The van der Waals surface area contributed by atoms with Gasteiger partial charge in [0, 0.05) is 54.8 Å². The van der Waals surface area contributed by atoms with E-state index in [2.05, 4.69) is 25.4 Å². The van der Waals surface area contributed by atoms with E-state index in [1.165, 1.54) is 0 Å². The number of carbonyl (C=O) groups excluding carboxylic acids is 1. The van der Waals surface area contributed by atoms with Crippen molar-refractivity contribution < 1.29 is 13.6 Å². The highest BCUT2D eigenvalue weighted by Crippen LogP contribution is 2.23. The summed E-state index contributed by atoms with van der Waals surface area (Å²) in [5, 5.41) is 10.3. The summed E-state index contributed by atoms with van der Waals surface area (Å²) >= 11 is 0. The fraction of sp³-hybridized carbons (Fsp3) is 0.250. The summed E-state index contributed by atoms with van der Waals surface area (Å²) in [4.78, 5) is 18.5. The normalized spacial score (nSPS) is 14.9. The number of nitrogens with one attached hydrogen (secondary N) is 2. The molecule has 1 amide bonds. The molecule has 1 saturated heterocycles. The molecule has 1 aliphatic heterocycles. The van der Waals surface area contributed by atoms with Crippen LogP contribution in [0.5, 0.6) is 0 Å². The Bertz CT molecular complexity index is 947. The standard InChI is InChI=1S/C20H19F2N5O/c21-15-8-14(9-16(22)10-15)20(28)24-17-3-6-27(7-4-17)19-11-18(25-26-19)13-2-1-5-23-12-13/h1-2,5,8-12,17H,3-4,6-7H2,(H,24,28)(H,25,26). The van der Waals surface area contributed by atoms with Gasteiger partial charge in [-0.1, -0.05) is 0 Å². The number of hydrogen-bond acceptors (Lipinski definition) is 4.